The molecule has 0 radical (unpaired) electrons. The summed E-state index contributed by atoms with van der Waals surface area (Å²) in [5, 5.41) is 7.60. The SMILES string of the molecule is COCC1(C(=O)NCc2cc(-c3cccc(Cl)c3)no2)CCC1. The molecular formula is C17H19ClN2O3. The summed E-state index contributed by atoms with van der Waals surface area (Å²) in [6.07, 6.45) is 2.81. The van der Waals surface area contributed by atoms with Gasteiger partial charge in [-0.2, -0.15) is 0 Å². The first kappa shape index (κ1) is 16.0. The zero-order valence-electron chi connectivity index (χ0n) is 13.0. The van der Waals surface area contributed by atoms with Crippen molar-refractivity contribution in [1.82, 2.24) is 10.5 Å². The Hall–Kier alpha value is -1.85. The maximum Gasteiger partial charge on any atom is 0.228 e. The van der Waals surface area contributed by atoms with Gasteiger partial charge in [0.1, 0.15) is 5.69 Å². The van der Waals surface area contributed by atoms with Gasteiger partial charge in [-0.1, -0.05) is 35.3 Å². The summed E-state index contributed by atoms with van der Waals surface area (Å²) in [6.45, 7) is 0.779. The molecule has 0 saturated heterocycles. The highest BCUT2D eigenvalue weighted by Crippen LogP contribution is 2.41. The lowest BCUT2D eigenvalue weighted by molar-refractivity contribution is -0.140. The maximum atomic E-state index is 12.4. The van der Waals surface area contributed by atoms with Crippen LogP contribution < -0.4 is 5.32 Å². The molecule has 0 unspecified atom stereocenters. The monoisotopic (exact) mass is 334 g/mol. The van der Waals surface area contributed by atoms with E-state index < -0.39 is 0 Å². The van der Waals surface area contributed by atoms with E-state index in [4.69, 9.17) is 20.9 Å². The Morgan fingerprint density at radius 3 is 2.91 bits per heavy atom. The van der Waals surface area contributed by atoms with E-state index in [1.54, 1.807) is 13.2 Å². The summed E-state index contributed by atoms with van der Waals surface area (Å²) in [7, 11) is 1.63. The number of aromatic nitrogens is 1. The molecule has 0 spiro atoms. The predicted octanol–water partition coefficient (Wildman–Crippen LogP) is 3.43. The number of rotatable bonds is 6. The van der Waals surface area contributed by atoms with Crippen molar-refractivity contribution in [3.05, 3.63) is 41.1 Å². The first-order valence-corrected chi connectivity index (χ1v) is 7.99. The summed E-state index contributed by atoms with van der Waals surface area (Å²) in [6, 6.07) is 9.21. The minimum absolute atomic E-state index is 0.0197. The van der Waals surface area contributed by atoms with E-state index >= 15 is 0 Å². The molecule has 1 saturated carbocycles. The van der Waals surface area contributed by atoms with Crippen molar-refractivity contribution in [2.45, 2.75) is 25.8 Å². The molecule has 1 heterocycles. The van der Waals surface area contributed by atoms with Crippen LogP contribution in [0.25, 0.3) is 11.3 Å². The van der Waals surface area contributed by atoms with Crippen molar-refractivity contribution in [3.63, 3.8) is 0 Å². The number of amides is 1. The average Bonchev–Trinajstić information content (AvgIpc) is 2.97. The highest BCUT2D eigenvalue weighted by atomic mass is 35.5. The second-order valence-corrected chi connectivity index (χ2v) is 6.37. The van der Waals surface area contributed by atoms with Crippen LogP contribution in [0.3, 0.4) is 0 Å². The van der Waals surface area contributed by atoms with E-state index in [1.807, 2.05) is 24.3 Å². The van der Waals surface area contributed by atoms with Crippen molar-refractivity contribution in [1.29, 1.82) is 0 Å². The van der Waals surface area contributed by atoms with Gasteiger partial charge in [0.05, 0.1) is 18.6 Å². The van der Waals surface area contributed by atoms with Crippen molar-refractivity contribution in [2.24, 2.45) is 5.41 Å². The van der Waals surface area contributed by atoms with Crippen LogP contribution in [0.4, 0.5) is 0 Å². The predicted molar refractivity (Wildman–Crippen MR) is 87.0 cm³/mol. The molecule has 1 amide bonds. The normalized spacial score (nSPS) is 15.9. The number of nitrogens with zero attached hydrogens (tertiary/aromatic N) is 1. The largest absolute Gasteiger partial charge is 0.384 e. The van der Waals surface area contributed by atoms with Gasteiger partial charge in [0.15, 0.2) is 5.76 Å². The molecule has 1 fully saturated rings. The fourth-order valence-electron chi connectivity index (χ4n) is 2.85. The molecule has 0 atom stereocenters. The lowest BCUT2D eigenvalue weighted by Gasteiger charge is -2.39. The second kappa shape index (κ2) is 6.72. The minimum atomic E-state index is -0.370. The fourth-order valence-corrected chi connectivity index (χ4v) is 3.04. The number of nitrogens with one attached hydrogen (secondary N) is 1. The molecule has 23 heavy (non-hydrogen) atoms. The molecule has 2 aromatic rings. The molecule has 1 aromatic heterocycles. The molecule has 1 aliphatic rings. The second-order valence-electron chi connectivity index (χ2n) is 5.94. The Kier molecular flexibility index (Phi) is 4.68. The number of carbonyl (C=O) groups excluding carboxylic acids is 1. The summed E-state index contributed by atoms with van der Waals surface area (Å²) >= 11 is 5.98. The third-order valence-electron chi connectivity index (χ3n) is 4.32. The van der Waals surface area contributed by atoms with Gasteiger partial charge in [-0.25, -0.2) is 0 Å². The molecule has 3 rings (SSSR count). The first-order valence-electron chi connectivity index (χ1n) is 7.62. The molecule has 1 aromatic carbocycles. The van der Waals surface area contributed by atoms with Gasteiger partial charge >= 0.3 is 0 Å². The number of hydrogen-bond donors (Lipinski definition) is 1. The number of carbonyl (C=O) groups is 1. The highest BCUT2D eigenvalue weighted by molar-refractivity contribution is 6.30. The zero-order valence-corrected chi connectivity index (χ0v) is 13.7. The van der Waals surface area contributed by atoms with Gasteiger partial charge in [-0.3, -0.25) is 4.79 Å². The van der Waals surface area contributed by atoms with Gasteiger partial charge in [-0.05, 0) is 25.0 Å². The van der Waals surface area contributed by atoms with Crippen molar-refractivity contribution in [2.75, 3.05) is 13.7 Å². The van der Waals surface area contributed by atoms with E-state index in [9.17, 15) is 4.79 Å². The lowest BCUT2D eigenvalue weighted by Crippen LogP contribution is -2.48. The molecule has 1 aliphatic carbocycles. The Bertz CT molecular complexity index is 695. The zero-order chi connectivity index (χ0) is 16.3. The minimum Gasteiger partial charge on any atom is -0.384 e. The average molecular weight is 335 g/mol. The first-order chi connectivity index (χ1) is 11.1. The van der Waals surface area contributed by atoms with Crippen LogP contribution >= 0.6 is 11.6 Å². The van der Waals surface area contributed by atoms with Crippen LogP contribution in [0.15, 0.2) is 34.9 Å². The third kappa shape index (κ3) is 3.41. The van der Waals surface area contributed by atoms with Crippen LogP contribution in [0.5, 0.6) is 0 Å². The van der Waals surface area contributed by atoms with Gasteiger partial charge < -0.3 is 14.6 Å². The number of halogens is 1. The molecule has 5 nitrogen and oxygen atoms in total. The molecular weight excluding hydrogens is 316 g/mol. The molecule has 1 N–H and O–H groups in total. The fraction of sp³-hybridized carbons (Fsp3) is 0.412. The van der Waals surface area contributed by atoms with E-state index in [-0.39, 0.29) is 11.3 Å². The maximum absolute atomic E-state index is 12.4. The highest BCUT2D eigenvalue weighted by Gasteiger charge is 2.44. The number of hydrogen-bond acceptors (Lipinski definition) is 4. The quantitative estimate of drug-likeness (QED) is 0.879. The molecule has 0 bridgehead atoms. The van der Waals surface area contributed by atoms with Crippen molar-refractivity contribution >= 4 is 17.5 Å². The van der Waals surface area contributed by atoms with Gasteiger partial charge in [0, 0.05) is 23.8 Å². The molecule has 6 heteroatoms. The Morgan fingerprint density at radius 2 is 2.26 bits per heavy atom. The van der Waals surface area contributed by atoms with E-state index in [0.29, 0.717) is 29.6 Å². The molecule has 0 aliphatic heterocycles. The Labute approximate surface area is 139 Å². The van der Waals surface area contributed by atoms with Gasteiger partial charge in [-0.15, -0.1) is 0 Å². The number of ether oxygens (including phenoxy) is 1. The number of benzene rings is 1. The van der Waals surface area contributed by atoms with Gasteiger partial charge in [0.25, 0.3) is 0 Å². The van der Waals surface area contributed by atoms with Crippen LogP contribution in [-0.2, 0) is 16.1 Å². The van der Waals surface area contributed by atoms with Crippen LogP contribution in [0.2, 0.25) is 5.02 Å². The number of methoxy groups -OCH3 is 1. The topological polar surface area (TPSA) is 64.4 Å². The smallest absolute Gasteiger partial charge is 0.228 e. The summed E-state index contributed by atoms with van der Waals surface area (Å²) in [4.78, 5) is 12.4. The summed E-state index contributed by atoms with van der Waals surface area (Å²) in [5.74, 6) is 0.631. The van der Waals surface area contributed by atoms with E-state index in [0.717, 1.165) is 24.8 Å². The van der Waals surface area contributed by atoms with E-state index in [1.165, 1.54) is 0 Å². The molecule has 122 valence electrons. The Morgan fingerprint density at radius 1 is 1.43 bits per heavy atom. The van der Waals surface area contributed by atoms with Crippen LogP contribution in [-0.4, -0.2) is 24.8 Å². The van der Waals surface area contributed by atoms with Crippen molar-refractivity contribution < 1.29 is 14.1 Å². The summed E-state index contributed by atoms with van der Waals surface area (Å²) < 4.78 is 10.5. The standard InChI is InChI=1S/C17H19ClN2O3/c1-22-11-17(6-3-7-17)16(21)19-10-14-9-15(20-23-14)12-4-2-5-13(18)8-12/h2,4-5,8-9H,3,6-7,10-11H2,1H3,(H,19,21). The lowest BCUT2D eigenvalue weighted by atomic mass is 9.68. The summed E-state index contributed by atoms with van der Waals surface area (Å²) in [5.41, 5.74) is 1.21. The van der Waals surface area contributed by atoms with E-state index in [2.05, 4.69) is 10.5 Å². The van der Waals surface area contributed by atoms with Crippen LogP contribution in [0, 0.1) is 5.41 Å². The third-order valence-corrected chi connectivity index (χ3v) is 4.55. The van der Waals surface area contributed by atoms with Crippen molar-refractivity contribution in [3.8, 4) is 11.3 Å². The Balaban J connectivity index is 1.62. The van der Waals surface area contributed by atoms with Crippen LogP contribution in [0.1, 0.15) is 25.0 Å². The van der Waals surface area contributed by atoms with Gasteiger partial charge in [0.2, 0.25) is 5.91 Å².